The Kier molecular flexibility index (Phi) is 3.88. The van der Waals surface area contributed by atoms with Crippen LogP contribution in [0, 0.1) is 6.92 Å². The van der Waals surface area contributed by atoms with Crippen LogP contribution in [-0.2, 0) is 6.42 Å². The van der Waals surface area contributed by atoms with Gasteiger partial charge >= 0.3 is 0 Å². The van der Waals surface area contributed by atoms with Crippen LogP contribution in [0.1, 0.15) is 18.1 Å². The topological polar surface area (TPSA) is 18.5 Å². The lowest BCUT2D eigenvalue weighted by Crippen LogP contribution is -2.01. The van der Waals surface area contributed by atoms with E-state index in [2.05, 4.69) is 50.2 Å². The van der Waals surface area contributed by atoms with E-state index in [1.165, 1.54) is 16.0 Å². The minimum absolute atomic E-state index is 0.340. The fraction of sp³-hybridized carbons (Fsp3) is 0.294. The first-order valence-corrected chi connectivity index (χ1v) is 7.70. The fourth-order valence-electron chi connectivity index (χ4n) is 2.29. The standard InChI is InChI=1S/C17H18O2S/c1-12-3-6-15(7-4-12)20-13(2)9-14-5-8-16-17(10-14)19-11-18-16/h3-8,10,13H,9,11H2,1-2H3. The van der Waals surface area contributed by atoms with Crippen LogP contribution >= 0.6 is 11.8 Å². The predicted octanol–water partition coefficient (Wildman–Crippen LogP) is 4.45. The van der Waals surface area contributed by atoms with Gasteiger partial charge in [-0.3, -0.25) is 0 Å². The molecule has 1 atom stereocenters. The number of fused-ring (bicyclic) bond motifs is 1. The highest BCUT2D eigenvalue weighted by atomic mass is 32.2. The van der Waals surface area contributed by atoms with Gasteiger partial charge in [-0.05, 0) is 43.2 Å². The molecule has 3 rings (SSSR count). The van der Waals surface area contributed by atoms with Crippen molar-refractivity contribution in [1.29, 1.82) is 0 Å². The third kappa shape index (κ3) is 3.10. The van der Waals surface area contributed by atoms with Crippen molar-refractivity contribution in [2.24, 2.45) is 0 Å². The summed E-state index contributed by atoms with van der Waals surface area (Å²) in [6.45, 7) is 4.71. The third-order valence-electron chi connectivity index (χ3n) is 3.32. The van der Waals surface area contributed by atoms with Crippen molar-refractivity contribution < 1.29 is 9.47 Å². The molecule has 0 bridgehead atoms. The number of aryl methyl sites for hydroxylation is 1. The van der Waals surface area contributed by atoms with Crippen LogP contribution in [-0.4, -0.2) is 12.0 Å². The summed E-state index contributed by atoms with van der Waals surface area (Å²) in [6, 6.07) is 14.9. The monoisotopic (exact) mass is 286 g/mol. The van der Waals surface area contributed by atoms with Gasteiger partial charge in [0.2, 0.25) is 6.79 Å². The second kappa shape index (κ2) is 5.80. The van der Waals surface area contributed by atoms with E-state index in [0.717, 1.165) is 17.9 Å². The Balaban J connectivity index is 1.63. The highest BCUT2D eigenvalue weighted by Crippen LogP contribution is 2.34. The molecule has 3 heteroatoms. The van der Waals surface area contributed by atoms with Gasteiger partial charge in [0.1, 0.15) is 0 Å². The molecule has 2 nitrogen and oxygen atoms in total. The summed E-state index contributed by atoms with van der Waals surface area (Å²) in [5.74, 6) is 1.72. The molecule has 0 spiro atoms. The molecule has 0 N–H and O–H groups in total. The number of rotatable bonds is 4. The number of ether oxygens (including phenoxy) is 2. The van der Waals surface area contributed by atoms with Gasteiger partial charge in [0.15, 0.2) is 11.5 Å². The first kappa shape index (κ1) is 13.4. The SMILES string of the molecule is Cc1ccc(SC(C)Cc2ccc3c(c2)OCO3)cc1. The van der Waals surface area contributed by atoms with Crippen LogP contribution < -0.4 is 9.47 Å². The largest absolute Gasteiger partial charge is 0.454 e. The number of hydrogen-bond donors (Lipinski definition) is 0. The van der Waals surface area contributed by atoms with Crippen molar-refractivity contribution in [1.82, 2.24) is 0 Å². The van der Waals surface area contributed by atoms with Crippen LogP contribution in [0.4, 0.5) is 0 Å². The van der Waals surface area contributed by atoms with E-state index in [1.54, 1.807) is 0 Å². The Morgan fingerprint density at radius 2 is 1.80 bits per heavy atom. The zero-order valence-corrected chi connectivity index (χ0v) is 12.6. The highest BCUT2D eigenvalue weighted by molar-refractivity contribution is 7.99. The van der Waals surface area contributed by atoms with Crippen molar-refractivity contribution >= 4 is 11.8 Å². The van der Waals surface area contributed by atoms with Gasteiger partial charge < -0.3 is 9.47 Å². The quantitative estimate of drug-likeness (QED) is 0.774. The van der Waals surface area contributed by atoms with Gasteiger partial charge in [0, 0.05) is 10.1 Å². The molecule has 2 aromatic carbocycles. The van der Waals surface area contributed by atoms with Gasteiger partial charge in [-0.2, -0.15) is 0 Å². The smallest absolute Gasteiger partial charge is 0.231 e. The zero-order valence-electron chi connectivity index (χ0n) is 11.8. The Morgan fingerprint density at radius 3 is 2.60 bits per heavy atom. The molecule has 0 aliphatic carbocycles. The summed E-state index contributed by atoms with van der Waals surface area (Å²) < 4.78 is 10.8. The molecule has 1 aliphatic heterocycles. The number of benzene rings is 2. The van der Waals surface area contributed by atoms with E-state index in [1.807, 2.05) is 17.8 Å². The van der Waals surface area contributed by atoms with Crippen molar-refractivity contribution in [2.45, 2.75) is 30.4 Å². The average Bonchev–Trinajstić information content (AvgIpc) is 2.89. The van der Waals surface area contributed by atoms with Gasteiger partial charge in [-0.1, -0.05) is 30.7 Å². The molecule has 20 heavy (non-hydrogen) atoms. The van der Waals surface area contributed by atoms with Crippen LogP contribution in [0.5, 0.6) is 11.5 Å². The normalized spacial score (nSPS) is 14.3. The first-order valence-electron chi connectivity index (χ1n) is 6.82. The van der Waals surface area contributed by atoms with Crippen LogP contribution in [0.3, 0.4) is 0 Å². The summed E-state index contributed by atoms with van der Waals surface area (Å²) in [5.41, 5.74) is 2.60. The summed E-state index contributed by atoms with van der Waals surface area (Å²) in [4.78, 5) is 1.32. The average molecular weight is 286 g/mol. The molecule has 0 aromatic heterocycles. The Hall–Kier alpha value is -1.61. The predicted molar refractivity (Wildman–Crippen MR) is 82.8 cm³/mol. The number of thioether (sulfide) groups is 1. The lowest BCUT2D eigenvalue weighted by molar-refractivity contribution is 0.174. The molecule has 0 saturated carbocycles. The molecule has 0 saturated heterocycles. The van der Waals surface area contributed by atoms with E-state index in [0.29, 0.717) is 12.0 Å². The molecular weight excluding hydrogens is 268 g/mol. The summed E-state index contributed by atoms with van der Waals surface area (Å²) >= 11 is 1.91. The second-order valence-corrected chi connectivity index (χ2v) is 6.65. The van der Waals surface area contributed by atoms with Crippen LogP contribution in [0.15, 0.2) is 47.4 Å². The lowest BCUT2D eigenvalue weighted by atomic mass is 10.1. The Morgan fingerprint density at radius 1 is 1.05 bits per heavy atom. The van der Waals surface area contributed by atoms with E-state index >= 15 is 0 Å². The van der Waals surface area contributed by atoms with Gasteiger partial charge in [0.25, 0.3) is 0 Å². The van der Waals surface area contributed by atoms with E-state index in [4.69, 9.17) is 9.47 Å². The van der Waals surface area contributed by atoms with Crippen LogP contribution in [0.25, 0.3) is 0 Å². The molecular formula is C17H18O2S. The van der Waals surface area contributed by atoms with E-state index < -0.39 is 0 Å². The van der Waals surface area contributed by atoms with Gasteiger partial charge in [-0.15, -0.1) is 11.8 Å². The molecule has 1 unspecified atom stereocenters. The highest BCUT2D eigenvalue weighted by Gasteiger charge is 2.14. The van der Waals surface area contributed by atoms with E-state index in [-0.39, 0.29) is 0 Å². The molecule has 1 heterocycles. The Bertz CT molecular complexity index is 592. The van der Waals surface area contributed by atoms with Gasteiger partial charge in [-0.25, -0.2) is 0 Å². The Labute approximate surface area is 124 Å². The summed E-state index contributed by atoms with van der Waals surface area (Å²) in [6.07, 6.45) is 1.02. The van der Waals surface area contributed by atoms with Crippen LogP contribution in [0.2, 0.25) is 0 Å². The number of hydrogen-bond acceptors (Lipinski definition) is 3. The zero-order chi connectivity index (χ0) is 13.9. The van der Waals surface area contributed by atoms with Crippen molar-refractivity contribution in [3.8, 4) is 11.5 Å². The van der Waals surface area contributed by atoms with Crippen molar-refractivity contribution in [3.63, 3.8) is 0 Å². The molecule has 1 aliphatic rings. The molecule has 0 fully saturated rings. The van der Waals surface area contributed by atoms with Crippen molar-refractivity contribution in [2.75, 3.05) is 6.79 Å². The minimum Gasteiger partial charge on any atom is -0.454 e. The third-order valence-corrected chi connectivity index (χ3v) is 4.43. The maximum absolute atomic E-state index is 5.42. The first-order chi connectivity index (χ1) is 9.70. The van der Waals surface area contributed by atoms with E-state index in [9.17, 15) is 0 Å². The fourth-order valence-corrected chi connectivity index (χ4v) is 3.32. The minimum atomic E-state index is 0.340. The lowest BCUT2D eigenvalue weighted by Gasteiger charge is -2.12. The second-order valence-electron chi connectivity index (χ2n) is 5.13. The maximum atomic E-state index is 5.42. The van der Waals surface area contributed by atoms with Crippen molar-refractivity contribution in [3.05, 3.63) is 53.6 Å². The molecule has 104 valence electrons. The molecule has 2 aromatic rings. The molecule has 0 radical (unpaired) electrons. The summed E-state index contributed by atoms with van der Waals surface area (Å²) in [7, 11) is 0. The van der Waals surface area contributed by atoms with Gasteiger partial charge in [0.05, 0.1) is 0 Å². The summed E-state index contributed by atoms with van der Waals surface area (Å²) in [5, 5.41) is 0.526. The maximum Gasteiger partial charge on any atom is 0.231 e. The molecule has 0 amide bonds.